The highest BCUT2D eigenvalue weighted by atomic mass is 16.3. The van der Waals surface area contributed by atoms with Gasteiger partial charge in [0.15, 0.2) is 0 Å². The zero-order valence-corrected chi connectivity index (χ0v) is 16.2. The zero-order valence-electron chi connectivity index (χ0n) is 16.2. The van der Waals surface area contributed by atoms with Crippen molar-refractivity contribution in [3.8, 4) is 0 Å². The van der Waals surface area contributed by atoms with Gasteiger partial charge >= 0.3 is 0 Å². The van der Waals surface area contributed by atoms with Gasteiger partial charge in [0.1, 0.15) is 12.1 Å². The molecule has 0 saturated carbocycles. The molecule has 3 N–H and O–H groups in total. The summed E-state index contributed by atoms with van der Waals surface area (Å²) < 4.78 is 0. The summed E-state index contributed by atoms with van der Waals surface area (Å²) in [5.41, 5.74) is 3.58. The maximum Gasteiger partial charge on any atom is 0.263 e. The van der Waals surface area contributed by atoms with Crippen molar-refractivity contribution in [3.63, 3.8) is 0 Å². The van der Waals surface area contributed by atoms with Crippen molar-refractivity contribution < 1.29 is 14.4 Å². The first-order valence-electron chi connectivity index (χ1n) is 9.01. The summed E-state index contributed by atoms with van der Waals surface area (Å²) in [4.78, 5) is 47.6. The Kier molecular flexibility index (Phi) is 7.84. The zero-order chi connectivity index (χ0) is 21.2. The van der Waals surface area contributed by atoms with Gasteiger partial charge in [0.25, 0.3) is 5.91 Å². The molecule has 29 heavy (non-hydrogen) atoms. The Balaban J connectivity index is 2.16. The quantitative estimate of drug-likeness (QED) is 0.437. The molecular weight excluding hydrogens is 374 g/mol. The molecule has 0 radical (unpaired) electrons. The Morgan fingerprint density at radius 3 is 2.07 bits per heavy atom. The number of hydrazine groups is 1. The summed E-state index contributed by atoms with van der Waals surface area (Å²) in [5, 5.41) is 8.70. The Labute approximate surface area is 168 Å². The molecular formula is C20H23N5O4. The van der Waals surface area contributed by atoms with Gasteiger partial charge in [-0.2, -0.15) is 0 Å². The third-order valence-corrected chi connectivity index (χ3v) is 4.03. The summed E-state index contributed by atoms with van der Waals surface area (Å²) >= 11 is 0. The van der Waals surface area contributed by atoms with Crippen LogP contribution in [-0.4, -0.2) is 29.8 Å². The Morgan fingerprint density at radius 1 is 0.931 bits per heavy atom. The molecule has 0 fully saturated rings. The number of carbonyl (C=O) groups is 3. The largest absolute Gasteiger partial charge is 0.345 e. The number of amides is 3. The molecule has 0 aromatic heterocycles. The van der Waals surface area contributed by atoms with E-state index in [-0.39, 0.29) is 12.3 Å². The lowest BCUT2D eigenvalue weighted by atomic mass is 10.0. The van der Waals surface area contributed by atoms with E-state index < -0.39 is 23.9 Å². The molecule has 0 heterocycles. The highest BCUT2D eigenvalue weighted by molar-refractivity contribution is 5.92. The monoisotopic (exact) mass is 397 g/mol. The number of nitroso groups, excluding NO2 is 1. The molecule has 0 aliphatic rings. The number of anilines is 1. The Hall–Kier alpha value is -3.75. The van der Waals surface area contributed by atoms with Crippen molar-refractivity contribution in [1.82, 2.24) is 16.1 Å². The summed E-state index contributed by atoms with van der Waals surface area (Å²) in [7, 11) is 0. The molecule has 3 amide bonds. The first-order valence-corrected chi connectivity index (χ1v) is 9.01. The van der Waals surface area contributed by atoms with Crippen LogP contribution in [0.15, 0.2) is 65.9 Å². The molecule has 2 aromatic carbocycles. The smallest absolute Gasteiger partial charge is 0.263 e. The Bertz CT molecular complexity index is 844. The van der Waals surface area contributed by atoms with Gasteiger partial charge in [-0.25, -0.2) is 5.43 Å². The topological polar surface area (TPSA) is 120 Å². The van der Waals surface area contributed by atoms with Gasteiger partial charge in [-0.3, -0.25) is 14.4 Å². The SMILES string of the molecule is CC(=O)N[C@@H](C)C(=O)N[C@@H](Cc1ccccc1)C(=O)NN(N=O)c1ccccc1. The van der Waals surface area contributed by atoms with Gasteiger partial charge < -0.3 is 10.6 Å². The lowest BCUT2D eigenvalue weighted by Gasteiger charge is -2.23. The second kappa shape index (κ2) is 10.5. The average Bonchev–Trinajstić information content (AvgIpc) is 2.72. The number of nitrogens with zero attached hydrogens (tertiary/aromatic N) is 2. The summed E-state index contributed by atoms with van der Waals surface area (Å²) in [6, 6.07) is 15.6. The minimum atomic E-state index is -0.992. The fourth-order valence-corrected chi connectivity index (χ4v) is 2.61. The van der Waals surface area contributed by atoms with Crippen molar-refractivity contribution in [2.45, 2.75) is 32.4 Å². The molecule has 0 saturated heterocycles. The number of rotatable bonds is 9. The molecule has 0 bridgehead atoms. The normalized spacial score (nSPS) is 12.2. The van der Waals surface area contributed by atoms with E-state index in [2.05, 4.69) is 21.3 Å². The molecule has 9 heteroatoms. The van der Waals surface area contributed by atoms with Crippen molar-refractivity contribution >= 4 is 23.4 Å². The molecule has 0 aliphatic heterocycles. The number of benzene rings is 2. The van der Waals surface area contributed by atoms with Crippen LogP contribution >= 0.6 is 0 Å². The fourth-order valence-electron chi connectivity index (χ4n) is 2.61. The first kappa shape index (κ1) is 21.5. The van der Waals surface area contributed by atoms with E-state index >= 15 is 0 Å². The molecule has 2 atom stereocenters. The van der Waals surface area contributed by atoms with E-state index in [1.165, 1.54) is 13.8 Å². The minimum absolute atomic E-state index is 0.187. The van der Waals surface area contributed by atoms with Gasteiger partial charge in [0.05, 0.1) is 11.0 Å². The third-order valence-electron chi connectivity index (χ3n) is 4.03. The van der Waals surface area contributed by atoms with Crippen LogP contribution in [0.3, 0.4) is 0 Å². The second-order valence-corrected chi connectivity index (χ2v) is 6.38. The van der Waals surface area contributed by atoms with Crippen LogP contribution in [-0.2, 0) is 20.8 Å². The number of nitrogens with one attached hydrogen (secondary N) is 3. The van der Waals surface area contributed by atoms with E-state index in [0.29, 0.717) is 5.69 Å². The second-order valence-electron chi connectivity index (χ2n) is 6.38. The minimum Gasteiger partial charge on any atom is -0.345 e. The van der Waals surface area contributed by atoms with Crippen molar-refractivity contribution in [3.05, 3.63) is 71.1 Å². The molecule has 2 aromatic rings. The predicted molar refractivity (Wildman–Crippen MR) is 108 cm³/mol. The van der Waals surface area contributed by atoms with Crippen molar-refractivity contribution in [2.75, 3.05) is 5.12 Å². The van der Waals surface area contributed by atoms with E-state index in [1.54, 1.807) is 30.3 Å². The van der Waals surface area contributed by atoms with Crippen LogP contribution in [0.1, 0.15) is 19.4 Å². The molecule has 9 nitrogen and oxygen atoms in total. The van der Waals surface area contributed by atoms with E-state index in [1.807, 2.05) is 30.3 Å². The summed E-state index contributed by atoms with van der Waals surface area (Å²) in [6.45, 7) is 2.81. The highest BCUT2D eigenvalue weighted by Crippen LogP contribution is 2.12. The molecule has 0 unspecified atom stereocenters. The molecule has 2 rings (SSSR count). The number of para-hydroxylation sites is 1. The van der Waals surface area contributed by atoms with Crippen LogP contribution in [0.5, 0.6) is 0 Å². The van der Waals surface area contributed by atoms with Crippen LogP contribution in [0.25, 0.3) is 0 Å². The lowest BCUT2D eigenvalue weighted by molar-refractivity contribution is -0.131. The standard InChI is InChI=1S/C20H23N5O4/c1-14(21-15(2)26)19(27)22-18(13-16-9-5-3-6-10-16)20(28)23-25(24-29)17-11-7-4-8-12-17/h3-12,14,18H,13H2,1-2H3,(H,21,26)(H,22,27)(H,23,28)/t14-,18-/m0/s1. The summed E-state index contributed by atoms with van der Waals surface area (Å²) in [6.07, 6.45) is 0.187. The number of hydrogen-bond acceptors (Lipinski definition) is 5. The number of hydrogen-bond donors (Lipinski definition) is 3. The lowest BCUT2D eigenvalue weighted by Crippen LogP contribution is -2.55. The molecule has 0 aliphatic carbocycles. The van der Waals surface area contributed by atoms with Crippen molar-refractivity contribution in [2.24, 2.45) is 5.29 Å². The van der Waals surface area contributed by atoms with Crippen molar-refractivity contribution in [1.29, 1.82) is 0 Å². The Morgan fingerprint density at radius 2 is 1.52 bits per heavy atom. The van der Waals surface area contributed by atoms with Gasteiger partial charge in [-0.15, -0.1) is 10.0 Å². The average molecular weight is 397 g/mol. The van der Waals surface area contributed by atoms with Gasteiger partial charge in [0, 0.05) is 13.3 Å². The molecule has 152 valence electrons. The fraction of sp³-hybridized carbons (Fsp3) is 0.250. The van der Waals surface area contributed by atoms with Gasteiger partial charge in [-0.1, -0.05) is 48.5 Å². The maximum absolute atomic E-state index is 12.8. The first-order chi connectivity index (χ1) is 13.9. The predicted octanol–water partition coefficient (Wildman–Crippen LogP) is 1.46. The third kappa shape index (κ3) is 6.73. The highest BCUT2D eigenvalue weighted by Gasteiger charge is 2.26. The van der Waals surface area contributed by atoms with Crippen LogP contribution in [0.2, 0.25) is 0 Å². The maximum atomic E-state index is 12.8. The van der Waals surface area contributed by atoms with Crippen LogP contribution in [0, 0.1) is 4.91 Å². The number of carbonyl (C=O) groups excluding carboxylic acids is 3. The van der Waals surface area contributed by atoms with Gasteiger partial charge in [0.2, 0.25) is 11.8 Å². The van der Waals surface area contributed by atoms with E-state index in [4.69, 9.17) is 0 Å². The van der Waals surface area contributed by atoms with E-state index in [9.17, 15) is 19.3 Å². The van der Waals surface area contributed by atoms with Crippen LogP contribution < -0.4 is 21.2 Å². The van der Waals surface area contributed by atoms with E-state index in [0.717, 1.165) is 10.7 Å². The van der Waals surface area contributed by atoms with Crippen LogP contribution in [0.4, 0.5) is 5.69 Å². The molecule has 0 spiro atoms. The van der Waals surface area contributed by atoms with Gasteiger partial charge in [-0.05, 0) is 24.6 Å². The summed E-state index contributed by atoms with van der Waals surface area (Å²) in [5.74, 6) is -1.51.